The van der Waals surface area contributed by atoms with Gasteiger partial charge in [0.05, 0.1) is 11.6 Å². The molecule has 0 N–H and O–H groups in total. The van der Waals surface area contributed by atoms with Crippen molar-refractivity contribution in [3.8, 4) is 23.2 Å². The number of benzene rings is 2. The molecule has 0 aliphatic rings. The van der Waals surface area contributed by atoms with E-state index in [2.05, 4.69) is 10.1 Å². The zero-order valence-corrected chi connectivity index (χ0v) is 15.0. The molecule has 0 spiro atoms. The summed E-state index contributed by atoms with van der Waals surface area (Å²) in [5.41, 5.74) is 1.20. The average Bonchev–Trinajstić information content (AvgIpc) is 3.16. The van der Waals surface area contributed by atoms with E-state index in [9.17, 15) is 4.79 Å². The minimum Gasteiger partial charge on any atom is -0.479 e. The van der Waals surface area contributed by atoms with Crippen LogP contribution in [0.15, 0.2) is 53.1 Å². The van der Waals surface area contributed by atoms with E-state index in [1.165, 1.54) is 0 Å². The van der Waals surface area contributed by atoms with Crippen LogP contribution in [0.2, 0.25) is 5.02 Å². The molecule has 0 saturated heterocycles. The molecule has 7 nitrogen and oxygen atoms in total. The summed E-state index contributed by atoms with van der Waals surface area (Å²) < 4.78 is 15.7. The highest BCUT2D eigenvalue weighted by Crippen LogP contribution is 2.20. The number of hydrogen-bond acceptors (Lipinski definition) is 7. The maximum Gasteiger partial charge on any atom is 0.347 e. The predicted octanol–water partition coefficient (Wildman–Crippen LogP) is 3.77. The molecule has 8 heteroatoms. The van der Waals surface area contributed by atoms with Crippen molar-refractivity contribution in [2.45, 2.75) is 19.6 Å². The van der Waals surface area contributed by atoms with Crippen LogP contribution < -0.4 is 4.74 Å². The SMILES string of the molecule is C[C@H](Oc1ccc(C#N)cc1)C(=O)OCc1nc(-c2cccc(Cl)c2)no1. The Morgan fingerprint density at radius 1 is 1.30 bits per heavy atom. The van der Waals surface area contributed by atoms with E-state index < -0.39 is 12.1 Å². The molecule has 1 atom stereocenters. The summed E-state index contributed by atoms with van der Waals surface area (Å²) in [7, 11) is 0. The summed E-state index contributed by atoms with van der Waals surface area (Å²) in [4.78, 5) is 16.2. The van der Waals surface area contributed by atoms with Gasteiger partial charge in [-0.25, -0.2) is 4.79 Å². The number of carbonyl (C=O) groups is 1. The molecule has 0 aliphatic carbocycles. The molecule has 0 bridgehead atoms. The number of esters is 1. The molecule has 0 radical (unpaired) electrons. The smallest absolute Gasteiger partial charge is 0.347 e. The van der Waals surface area contributed by atoms with Crippen molar-refractivity contribution in [1.82, 2.24) is 10.1 Å². The van der Waals surface area contributed by atoms with Crippen LogP contribution in [0.5, 0.6) is 5.75 Å². The van der Waals surface area contributed by atoms with Gasteiger partial charge in [-0.1, -0.05) is 28.9 Å². The first-order valence-corrected chi connectivity index (χ1v) is 8.35. The lowest BCUT2D eigenvalue weighted by atomic mass is 10.2. The summed E-state index contributed by atoms with van der Waals surface area (Å²) in [5, 5.41) is 13.2. The average molecular weight is 384 g/mol. The molecule has 136 valence electrons. The third-order valence-electron chi connectivity index (χ3n) is 3.52. The third kappa shape index (κ3) is 4.84. The van der Waals surface area contributed by atoms with Gasteiger partial charge in [-0.05, 0) is 43.3 Å². The van der Waals surface area contributed by atoms with E-state index in [-0.39, 0.29) is 12.5 Å². The Balaban J connectivity index is 1.55. The van der Waals surface area contributed by atoms with E-state index in [1.54, 1.807) is 55.5 Å². The first-order chi connectivity index (χ1) is 13.0. The quantitative estimate of drug-likeness (QED) is 0.597. The van der Waals surface area contributed by atoms with Crippen molar-refractivity contribution < 1.29 is 18.8 Å². The van der Waals surface area contributed by atoms with Crippen LogP contribution in [0.4, 0.5) is 0 Å². The first-order valence-electron chi connectivity index (χ1n) is 7.97. The van der Waals surface area contributed by atoms with Gasteiger partial charge in [0.25, 0.3) is 5.89 Å². The maximum atomic E-state index is 12.1. The number of carbonyl (C=O) groups excluding carboxylic acids is 1. The van der Waals surface area contributed by atoms with Crippen LogP contribution >= 0.6 is 11.6 Å². The third-order valence-corrected chi connectivity index (χ3v) is 3.75. The molecule has 0 aliphatic heterocycles. The predicted molar refractivity (Wildman–Crippen MR) is 95.8 cm³/mol. The fraction of sp³-hybridized carbons (Fsp3) is 0.158. The van der Waals surface area contributed by atoms with Crippen molar-refractivity contribution in [2.75, 3.05) is 0 Å². The Hall–Kier alpha value is -3.37. The van der Waals surface area contributed by atoms with E-state index in [4.69, 9.17) is 30.9 Å². The Morgan fingerprint density at radius 2 is 2.07 bits per heavy atom. The summed E-state index contributed by atoms with van der Waals surface area (Å²) in [6.45, 7) is 1.39. The highest BCUT2D eigenvalue weighted by atomic mass is 35.5. The van der Waals surface area contributed by atoms with E-state index >= 15 is 0 Å². The molecular weight excluding hydrogens is 370 g/mol. The number of rotatable bonds is 6. The number of aromatic nitrogens is 2. The lowest BCUT2D eigenvalue weighted by Gasteiger charge is -2.13. The van der Waals surface area contributed by atoms with Crippen molar-refractivity contribution in [2.24, 2.45) is 0 Å². The lowest BCUT2D eigenvalue weighted by Crippen LogP contribution is -2.26. The monoisotopic (exact) mass is 383 g/mol. The van der Waals surface area contributed by atoms with Crippen molar-refractivity contribution in [3.63, 3.8) is 0 Å². The number of halogens is 1. The molecular formula is C19H14ClN3O4. The Kier molecular flexibility index (Phi) is 5.69. The second-order valence-electron chi connectivity index (χ2n) is 5.53. The first kappa shape index (κ1) is 18.4. The standard InChI is InChI=1S/C19H14ClN3O4/c1-12(26-16-7-5-13(10-21)6-8-16)19(24)25-11-17-22-18(23-27-17)14-3-2-4-15(20)9-14/h2-9,12H,11H2,1H3/t12-/m0/s1. The van der Waals surface area contributed by atoms with Crippen molar-refractivity contribution in [3.05, 3.63) is 65.0 Å². The van der Waals surface area contributed by atoms with Gasteiger partial charge in [0, 0.05) is 10.6 Å². The molecule has 1 aromatic heterocycles. The summed E-state index contributed by atoms with van der Waals surface area (Å²) >= 11 is 5.94. The topological polar surface area (TPSA) is 98.2 Å². The van der Waals surface area contributed by atoms with Crippen molar-refractivity contribution in [1.29, 1.82) is 5.26 Å². The number of nitriles is 1. The van der Waals surface area contributed by atoms with Crippen LogP contribution in [0.1, 0.15) is 18.4 Å². The minimum atomic E-state index is -0.840. The fourth-order valence-electron chi connectivity index (χ4n) is 2.17. The van der Waals surface area contributed by atoms with Gasteiger partial charge in [-0.15, -0.1) is 0 Å². The molecule has 1 heterocycles. The van der Waals surface area contributed by atoms with Crippen LogP contribution in [0.3, 0.4) is 0 Å². The molecule has 0 unspecified atom stereocenters. The Morgan fingerprint density at radius 3 is 2.78 bits per heavy atom. The fourth-order valence-corrected chi connectivity index (χ4v) is 2.36. The molecule has 2 aromatic carbocycles. The normalized spacial score (nSPS) is 11.4. The van der Waals surface area contributed by atoms with Crippen LogP contribution in [-0.2, 0) is 16.1 Å². The number of nitrogens with zero attached hydrogens (tertiary/aromatic N) is 3. The molecule has 3 rings (SSSR count). The van der Waals surface area contributed by atoms with Crippen LogP contribution in [0.25, 0.3) is 11.4 Å². The second kappa shape index (κ2) is 8.34. The summed E-state index contributed by atoms with van der Waals surface area (Å²) in [5.74, 6) is 0.385. The van der Waals surface area contributed by atoms with Gasteiger partial charge in [-0.2, -0.15) is 10.2 Å². The number of hydrogen-bond donors (Lipinski definition) is 0. The molecule has 0 amide bonds. The molecule has 3 aromatic rings. The Bertz CT molecular complexity index is 979. The number of ether oxygens (including phenoxy) is 2. The van der Waals surface area contributed by atoms with Gasteiger partial charge in [0.2, 0.25) is 5.82 Å². The minimum absolute atomic E-state index is 0.156. The van der Waals surface area contributed by atoms with Gasteiger partial charge < -0.3 is 14.0 Å². The second-order valence-corrected chi connectivity index (χ2v) is 5.96. The lowest BCUT2D eigenvalue weighted by molar-refractivity contribution is -0.153. The zero-order valence-electron chi connectivity index (χ0n) is 14.3. The molecule has 27 heavy (non-hydrogen) atoms. The van der Waals surface area contributed by atoms with Gasteiger partial charge >= 0.3 is 5.97 Å². The highest BCUT2D eigenvalue weighted by Gasteiger charge is 2.18. The largest absolute Gasteiger partial charge is 0.479 e. The molecule has 0 saturated carbocycles. The van der Waals surface area contributed by atoms with Crippen LogP contribution in [0, 0.1) is 11.3 Å². The van der Waals surface area contributed by atoms with Crippen molar-refractivity contribution >= 4 is 17.6 Å². The van der Waals surface area contributed by atoms with Crippen LogP contribution in [-0.4, -0.2) is 22.2 Å². The van der Waals surface area contributed by atoms with Gasteiger partial charge in [0.15, 0.2) is 12.7 Å². The van der Waals surface area contributed by atoms with Gasteiger partial charge in [-0.3, -0.25) is 0 Å². The highest BCUT2D eigenvalue weighted by molar-refractivity contribution is 6.30. The zero-order chi connectivity index (χ0) is 19.2. The molecule has 0 fully saturated rings. The maximum absolute atomic E-state index is 12.1. The van der Waals surface area contributed by atoms with E-state index in [0.29, 0.717) is 27.7 Å². The summed E-state index contributed by atoms with van der Waals surface area (Å²) in [6.07, 6.45) is -0.840. The Labute approximate surface area is 160 Å². The summed E-state index contributed by atoms with van der Waals surface area (Å²) in [6, 6.07) is 15.4. The van der Waals surface area contributed by atoms with E-state index in [0.717, 1.165) is 0 Å². The van der Waals surface area contributed by atoms with E-state index in [1.807, 2.05) is 6.07 Å². The van der Waals surface area contributed by atoms with Gasteiger partial charge in [0.1, 0.15) is 5.75 Å².